The van der Waals surface area contributed by atoms with Crippen molar-refractivity contribution in [3.8, 4) is 0 Å². The van der Waals surface area contributed by atoms with Gasteiger partial charge in [-0.3, -0.25) is 4.79 Å². The molecule has 0 amide bonds. The maximum absolute atomic E-state index is 10.6. The number of nitrogens with two attached hydrogens (primary N) is 1. The average molecular weight is 171 g/mol. The molecular formula is C9H17NO2. The third kappa shape index (κ3) is 1.46. The lowest BCUT2D eigenvalue weighted by Gasteiger charge is -2.48. The minimum atomic E-state index is -0.710. The van der Waals surface area contributed by atoms with Gasteiger partial charge in [0, 0.05) is 0 Å². The summed E-state index contributed by atoms with van der Waals surface area (Å²) in [7, 11) is 0. The van der Waals surface area contributed by atoms with Crippen molar-refractivity contribution in [3.63, 3.8) is 0 Å². The smallest absolute Gasteiger partial charge is 0.303 e. The highest BCUT2D eigenvalue weighted by atomic mass is 16.4. The molecule has 3 heteroatoms. The van der Waals surface area contributed by atoms with Crippen molar-refractivity contribution in [2.24, 2.45) is 17.1 Å². The zero-order chi connectivity index (χ0) is 9.19. The van der Waals surface area contributed by atoms with Crippen LogP contribution in [0.15, 0.2) is 0 Å². The first-order valence-electron chi connectivity index (χ1n) is 4.56. The Hall–Kier alpha value is -0.570. The van der Waals surface area contributed by atoms with Gasteiger partial charge in [0.2, 0.25) is 0 Å². The van der Waals surface area contributed by atoms with E-state index in [-0.39, 0.29) is 11.8 Å². The van der Waals surface area contributed by atoms with E-state index in [1.807, 2.05) is 0 Å². The molecule has 0 aliphatic heterocycles. The zero-order valence-corrected chi connectivity index (χ0v) is 7.55. The minimum absolute atomic E-state index is 0.0689. The number of carboxylic acids is 1. The molecule has 2 atom stereocenters. The molecule has 1 aliphatic rings. The molecule has 0 heterocycles. The highest BCUT2D eigenvalue weighted by Crippen LogP contribution is 2.50. The van der Waals surface area contributed by atoms with E-state index in [1.165, 1.54) is 0 Å². The van der Waals surface area contributed by atoms with E-state index < -0.39 is 5.97 Å². The van der Waals surface area contributed by atoms with Gasteiger partial charge in [-0.2, -0.15) is 0 Å². The van der Waals surface area contributed by atoms with Gasteiger partial charge in [-0.25, -0.2) is 0 Å². The second kappa shape index (κ2) is 3.44. The Kier molecular flexibility index (Phi) is 2.73. The van der Waals surface area contributed by atoms with E-state index in [2.05, 4.69) is 6.92 Å². The van der Waals surface area contributed by atoms with Gasteiger partial charge < -0.3 is 10.8 Å². The molecule has 70 valence electrons. The van der Waals surface area contributed by atoms with Crippen LogP contribution < -0.4 is 5.73 Å². The predicted molar refractivity (Wildman–Crippen MR) is 46.8 cm³/mol. The van der Waals surface area contributed by atoms with Crippen LogP contribution in [-0.4, -0.2) is 17.6 Å². The molecule has 1 saturated carbocycles. The average Bonchev–Trinajstić information content (AvgIpc) is 1.98. The van der Waals surface area contributed by atoms with Crippen LogP contribution in [0.25, 0.3) is 0 Å². The van der Waals surface area contributed by atoms with E-state index >= 15 is 0 Å². The molecule has 1 fully saturated rings. The molecule has 0 aromatic carbocycles. The number of carbonyl (C=O) groups is 1. The molecule has 1 rings (SSSR count). The van der Waals surface area contributed by atoms with Gasteiger partial charge in [0.1, 0.15) is 0 Å². The van der Waals surface area contributed by atoms with E-state index in [0.717, 1.165) is 19.3 Å². The van der Waals surface area contributed by atoms with Gasteiger partial charge >= 0.3 is 5.97 Å². The molecule has 0 aromatic heterocycles. The summed E-state index contributed by atoms with van der Waals surface area (Å²) < 4.78 is 0. The molecule has 0 spiro atoms. The topological polar surface area (TPSA) is 63.3 Å². The minimum Gasteiger partial charge on any atom is -0.481 e. The first-order chi connectivity index (χ1) is 5.64. The van der Waals surface area contributed by atoms with E-state index in [1.54, 1.807) is 0 Å². The Labute approximate surface area is 72.9 Å². The Balaban J connectivity index is 2.57. The van der Waals surface area contributed by atoms with Crippen molar-refractivity contribution in [3.05, 3.63) is 0 Å². The summed E-state index contributed by atoms with van der Waals surface area (Å²) in [4.78, 5) is 10.6. The highest BCUT2D eigenvalue weighted by Gasteiger charge is 2.45. The van der Waals surface area contributed by atoms with Gasteiger partial charge in [-0.1, -0.05) is 13.3 Å². The van der Waals surface area contributed by atoms with Crippen molar-refractivity contribution in [2.45, 2.75) is 32.6 Å². The lowest BCUT2D eigenvalue weighted by molar-refractivity contribution is -0.143. The molecule has 3 N–H and O–H groups in total. The Morgan fingerprint density at radius 2 is 2.42 bits per heavy atom. The van der Waals surface area contributed by atoms with Crippen molar-refractivity contribution in [2.75, 3.05) is 6.54 Å². The number of hydrogen-bond acceptors (Lipinski definition) is 2. The molecule has 1 aliphatic carbocycles. The van der Waals surface area contributed by atoms with Gasteiger partial charge in [-0.15, -0.1) is 0 Å². The second-order valence-electron chi connectivity index (χ2n) is 3.78. The molecule has 12 heavy (non-hydrogen) atoms. The number of hydrogen-bond donors (Lipinski definition) is 2. The first kappa shape index (κ1) is 9.52. The Bertz CT molecular complexity index is 175. The molecule has 0 unspecified atom stereocenters. The van der Waals surface area contributed by atoms with Crippen LogP contribution in [0, 0.1) is 11.3 Å². The quantitative estimate of drug-likeness (QED) is 0.668. The van der Waals surface area contributed by atoms with E-state index in [9.17, 15) is 4.79 Å². The SMILES string of the molecule is CC[C@@H]1CC[C@]1(CN)CC(=O)O. The largest absolute Gasteiger partial charge is 0.481 e. The van der Waals surface area contributed by atoms with Gasteiger partial charge in [0.15, 0.2) is 0 Å². The lowest BCUT2D eigenvalue weighted by atomic mass is 9.57. The fraction of sp³-hybridized carbons (Fsp3) is 0.889. The summed E-state index contributed by atoms with van der Waals surface area (Å²) >= 11 is 0. The predicted octanol–water partition coefficient (Wildman–Crippen LogP) is 1.23. The number of aliphatic carboxylic acids is 1. The van der Waals surface area contributed by atoms with Crippen LogP contribution in [0.4, 0.5) is 0 Å². The number of carboxylic acid groups (broad SMARTS) is 1. The monoisotopic (exact) mass is 171 g/mol. The summed E-state index contributed by atoms with van der Waals surface area (Å²) in [5, 5.41) is 8.70. The van der Waals surface area contributed by atoms with Gasteiger partial charge in [0.05, 0.1) is 6.42 Å². The van der Waals surface area contributed by atoms with Crippen LogP contribution in [0.3, 0.4) is 0 Å². The maximum atomic E-state index is 10.6. The van der Waals surface area contributed by atoms with Gasteiger partial charge in [-0.05, 0) is 30.7 Å². The molecule has 0 saturated heterocycles. The van der Waals surface area contributed by atoms with Crippen LogP contribution >= 0.6 is 0 Å². The fourth-order valence-electron chi connectivity index (χ4n) is 2.27. The summed E-state index contributed by atoms with van der Waals surface area (Å²) in [6.45, 7) is 2.63. The fourth-order valence-corrected chi connectivity index (χ4v) is 2.27. The molecule has 3 nitrogen and oxygen atoms in total. The number of rotatable bonds is 4. The summed E-state index contributed by atoms with van der Waals surface area (Å²) in [6, 6.07) is 0. The standard InChI is InChI=1S/C9H17NO2/c1-2-7-3-4-9(7,6-10)5-8(11)12/h7H,2-6,10H2,1H3,(H,11,12)/t7-,9-/m1/s1. The van der Waals surface area contributed by atoms with Crippen LogP contribution in [-0.2, 0) is 4.79 Å². The zero-order valence-electron chi connectivity index (χ0n) is 7.55. The maximum Gasteiger partial charge on any atom is 0.303 e. The van der Waals surface area contributed by atoms with Crippen LogP contribution in [0.2, 0.25) is 0 Å². The normalized spacial score (nSPS) is 34.3. The van der Waals surface area contributed by atoms with E-state index in [4.69, 9.17) is 10.8 Å². The first-order valence-corrected chi connectivity index (χ1v) is 4.56. The third-order valence-corrected chi connectivity index (χ3v) is 3.26. The second-order valence-corrected chi connectivity index (χ2v) is 3.78. The van der Waals surface area contributed by atoms with Crippen molar-refractivity contribution < 1.29 is 9.90 Å². The van der Waals surface area contributed by atoms with Gasteiger partial charge in [0.25, 0.3) is 0 Å². The highest BCUT2D eigenvalue weighted by molar-refractivity contribution is 5.68. The van der Waals surface area contributed by atoms with Crippen molar-refractivity contribution >= 4 is 5.97 Å². The molecular weight excluding hydrogens is 154 g/mol. The van der Waals surface area contributed by atoms with Crippen molar-refractivity contribution in [1.82, 2.24) is 0 Å². The Morgan fingerprint density at radius 3 is 2.67 bits per heavy atom. The van der Waals surface area contributed by atoms with Crippen LogP contribution in [0.1, 0.15) is 32.6 Å². The van der Waals surface area contributed by atoms with E-state index in [0.29, 0.717) is 12.5 Å². The summed E-state index contributed by atoms with van der Waals surface area (Å²) in [5.41, 5.74) is 5.55. The molecule has 0 radical (unpaired) electrons. The molecule has 0 aromatic rings. The lowest BCUT2D eigenvalue weighted by Crippen LogP contribution is -2.47. The van der Waals surface area contributed by atoms with Crippen molar-refractivity contribution in [1.29, 1.82) is 0 Å². The van der Waals surface area contributed by atoms with Crippen LogP contribution in [0.5, 0.6) is 0 Å². The Morgan fingerprint density at radius 1 is 1.75 bits per heavy atom. The summed E-state index contributed by atoms with van der Waals surface area (Å²) in [6.07, 6.45) is 3.46. The molecule has 0 bridgehead atoms. The summed E-state index contributed by atoms with van der Waals surface area (Å²) in [5.74, 6) is -0.169. The third-order valence-electron chi connectivity index (χ3n) is 3.26.